The molecule has 22 heavy (non-hydrogen) atoms. The van der Waals surface area contributed by atoms with Crippen LogP contribution in [-0.4, -0.2) is 42.7 Å². The summed E-state index contributed by atoms with van der Waals surface area (Å²) in [6.07, 6.45) is 0.514. The van der Waals surface area contributed by atoms with Crippen LogP contribution in [0.25, 0.3) is 0 Å². The van der Waals surface area contributed by atoms with E-state index < -0.39 is 0 Å². The van der Waals surface area contributed by atoms with Crippen LogP contribution < -0.4 is 4.90 Å². The van der Waals surface area contributed by atoms with Gasteiger partial charge in [-0.1, -0.05) is 18.2 Å². The summed E-state index contributed by atoms with van der Waals surface area (Å²) in [5.41, 5.74) is 2.65. The Hall–Kier alpha value is -1.36. The van der Waals surface area contributed by atoms with E-state index in [4.69, 9.17) is 0 Å². The zero-order valence-corrected chi connectivity index (χ0v) is 13.9. The van der Waals surface area contributed by atoms with Gasteiger partial charge in [-0.3, -0.25) is 4.90 Å². The Labute approximate surface area is 136 Å². The van der Waals surface area contributed by atoms with Gasteiger partial charge in [0, 0.05) is 43.3 Å². The smallest absolute Gasteiger partial charge is 0.0894 e. The Morgan fingerprint density at radius 1 is 1.14 bits per heavy atom. The van der Waals surface area contributed by atoms with E-state index in [1.54, 1.807) is 11.3 Å². The van der Waals surface area contributed by atoms with Crippen molar-refractivity contribution in [3.8, 4) is 0 Å². The van der Waals surface area contributed by atoms with E-state index in [1.807, 2.05) is 17.5 Å². The Morgan fingerprint density at radius 2 is 1.95 bits per heavy atom. The highest BCUT2D eigenvalue weighted by Gasteiger charge is 2.18. The largest absolute Gasteiger partial charge is 0.388 e. The molecule has 118 valence electrons. The third-order valence-electron chi connectivity index (χ3n) is 4.33. The van der Waals surface area contributed by atoms with Crippen molar-refractivity contribution in [2.75, 3.05) is 37.6 Å². The van der Waals surface area contributed by atoms with Gasteiger partial charge in [0.05, 0.1) is 6.10 Å². The van der Waals surface area contributed by atoms with Gasteiger partial charge >= 0.3 is 0 Å². The Morgan fingerprint density at radius 3 is 2.64 bits per heavy atom. The lowest BCUT2D eigenvalue weighted by Crippen LogP contribution is -2.46. The SMILES string of the molecule is Cc1cccc(N2CCN(CCC(O)c3cccs3)CC2)c1. The Balaban J connectivity index is 1.46. The van der Waals surface area contributed by atoms with Gasteiger partial charge in [-0.25, -0.2) is 0 Å². The third-order valence-corrected chi connectivity index (χ3v) is 5.30. The Kier molecular flexibility index (Phi) is 5.13. The summed E-state index contributed by atoms with van der Waals surface area (Å²) in [6, 6.07) is 12.8. The van der Waals surface area contributed by atoms with Gasteiger partial charge in [0.15, 0.2) is 0 Å². The number of hydrogen-bond acceptors (Lipinski definition) is 4. The van der Waals surface area contributed by atoms with Crippen molar-refractivity contribution in [3.05, 3.63) is 52.2 Å². The summed E-state index contributed by atoms with van der Waals surface area (Å²) in [4.78, 5) is 6.00. The van der Waals surface area contributed by atoms with Gasteiger partial charge in [0.25, 0.3) is 0 Å². The van der Waals surface area contributed by atoms with Crippen molar-refractivity contribution in [3.63, 3.8) is 0 Å². The fourth-order valence-electron chi connectivity index (χ4n) is 2.98. The molecule has 1 aromatic heterocycles. The van der Waals surface area contributed by atoms with Crippen molar-refractivity contribution >= 4 is 17.0 Å². The average molecular weight is 316 g/mol. The molecule has 3 rings (SSSR count). The van der Waals surface area contributed by atoms with Crippen LogP contribution in [0.4, 0.5) is 5.69 Å². The van der Waals surface area contributed by atoms with E-state index in [0.717, 1.165) is 44.0 Å². The first kappa shape index (κ1) is 15.5. The zero-order chi connectivity index (χ0) is 15.4. The highest BCUT2D eigenvalue weighted by molar-refractivity contribution is 7.10. The molecule has 1 fully saturated rings. The van der Waals surface area contributed by atoms with E-state index in [0.29, 0.717) is 0 Å². The minimum Gasteiger partial charge on any atom is -0.388 e. The number of rotatable bonds is 5. The summed E-state index contributed by atoms with van der Waals surface area (Å²) in [6.45, 7) is 7.40. The maximum atomic E-state index is 10.2. The van der Waals surface area contributed by atoms with E-state index in [-0.39, 0.29) is 6.10 Å². The summed E-state index contributed by atoms with van der Waals surface area (Å²) < 4.78 is 0. The molecular formula is C18H24N2OS. The molecule has 1 aromatic carbocycles. The van der Waals surface area contributed by atoms with Gasteiger partial charge in [-0.15, -0.1) is 11.3 Å². The number of aryl methyl sites for hydroxylation is 1. The fourth-order valence-corrected chi connectivity index (χ4v) is 3.73. The van der Waals surface area contributed by atoms with Crippen molar-refractivity contribution in [2.24, 2.45) is 0 Å². The molecular weight excluding hydrogens is 292 g/mol. The van der Waals surface area contributed by atoms with Crippen LogP contribution in [0.1, 0.15) is 23.0 Å². The highest BCUT2D eigenvalue weighted by Crippen LogP contribution is 2.23. The molecule has 0 aliphatic carbocycles. The van der Waals surface area contributed by atoms with Crippen molar-refractivity contribution in [2.45, 2.75) is 19.4 Å². The molecule has 1 N–H and O–H groups in total. The molecule has 3 nitrogen and oxygen atoms in total. The normalized spacial score (nSPS) is 17.6. The van der Waals surface area contributed by atoms with Crippen molar-refractivity contribution in [1.29, 1.82) is 0 Å². The van der Waals surface area contributed by atoms with Crippen LogP contribution in [0.3, 0.4) is 0 Å². The van der Waals surface area contributed by atoms with E-state index in [1.165, 1.54) is 11.3 Å². The van der Waals surface area contributed by atoms with E-state index in [2.05, 4.69) is 41.0 Å². The first-order valence-corrected chi connectivity index (χ1v) is 8.86. The van der Waals surface area contributed by atoms with Crippen LogP contribution in [0, 0.1) is 6.92 Å². The number of aliphatic hydroxyl groups is 1. The van der Waals surface area contributed by atoms with Crippen LogP contribution in [0.2, 0.25) is 0 Å². The molecule has 1 unspecified atom stereocenters. The molecule has 0 spiro atoms. The lowest BCUT2D eigenvalue weighted by atomic mass is 10.1. The molecule has 0 amide bonds. The van der Waals surface area contributed by atoms with Crippen LogP contribution in [-0.2, 0) is 0 Å². The topological polar surface area (TPSA) is 26.7 Å². The molecule has 1 aliphatic heterocycles. The second kappa shape index (κ2) is 7.27. The number of piperazine rings is 1. The summed E-state index contributed by atoms with van der Waals surface area (Å²) in [5, 5.41) is 12.2. The lowest BCUT2D eigenvalue weighted by molar-refractivity contribution is 0.142. The monoisotopic (exact) mass is 316 g/mol. The number of nitrogens with zero attached hydrogens (tertiary/aromatic N) is 2. The number of benzene rings is 1. The predicted molar refractivity (Wildman–Crippen MR) is 93.7 cm³/mol. The first-order chi connectivity index (χ1) is 10.7. The molecule has 1 atom stereocenters. The van der Waals surface area contributed by atoms with Gasteiger partial charge in [-0.2, -0.15) is 0 Å². The maximum Gasteiger partial charge on any atom is 0.0894 e. The van der Waals surface area contributed by atoms with Crippen LogP contribution in [0.15, 0.2) is 41.8 Å². The summed E-state index contributed by atoms with van der Waals surface area (Å²) in [5.74, 6) is 0. The standard InChI is InChI=1S/C18H24N2OS/c1-15-4-2-5-16(14-15)20-11-9-19(10-12-20)8-7-17(21)18-6-3-13-22-18/h2-6,13-14,17,21H,7-12H2,1H3. The fraction of sp³-hybridized carbons (Fsp3) is 0.444. The van der Waals surface area contributed by atoms with Crippen LogP contribution in [0.5, 0.6) is 0 Å². The quantitative estimate of drug-likeness (QED) is 0.917. The maximum absolute atomic E-state index is 10.2. The van der Waals surface area contributed by atoms with E-state index >= 15 is 0 Å². The van der Waals surface area contributed by atoms with E-state index in [9.17, 15) is 5.11 Å². The minimum absolute atomic E-state index is 0.310. The van der Waals surface area contributed by atoms with Gasteiger partial charge in [0.1, 0.15) is 0 Å². The lowest BCUT2D eigenvalue weighted by Gasteiger charge is -2.36. The molecule has 0 bridgehead atoms. The number of anilines is 1. The molecule has 0 radical (unpaired) electrons. The predicted octanol–water partition coefficient (Wildman–Crippen LogP) is 3.30. The Bertz CT molecular complexity index is 577. The van der Waals surface area contributed by atoms with Crippen LogP contribution >= 0.6 is 11.3 Å². The molecule has 0 saturated carbocycles. The molecule has 1 saturated heterocycles. The average Bonchev–Trinajstić information content (AvgIpc) is 3.08. The third kappa shape index (κ3) is 3.88. The highest BCUT2D eigenvalue weighted by atomic mass is 32.1. The molecule has 2 heterocycles. The summed E-state index contributed by atoms with van der Waals surface area (Å²) in [7, 11) is 0. The number of thiophene rings is 1. The van der Waals surface area contributed by atoms with Gasteiger partial charge < -0.3 is 10.0 Å². The summed E-state index contributed by atoms with van der Waals surface area (Å²) >= 11 is 1.64. The van der Waals surface area contributed by atoms with Gasteiger partial charge in [-0.05, 0) is 42.5 Å². The number of aliphatic hydroxyl groups excluding tert-OH is 1. The number of hydrogen-bond donors (Lipinski definition) is 1. The van der Waals surface area contributed by atoms with Crippen molar-refractivity contribution < 1.29 is 5.11 Å². The molecule has 2 aromatic rings. The van der Waals surface area contributed by atoms with Gasteiger partial charge in [0.2, 0.25) is 0 Å². The molecule has 1 aliphatic rings. The van der Waals surface area contributed by atoms with Crippen molar-refractivity contribution in [1.82, 2.24) is 4.90 Å². The first-order valence-electron chi connectivity index (χ1n) is 7.98. The second-order valence-electron chi connectivity index (χ2n) is 5.99. The zero-order valence-electron chi connectivity index (χ0n) is 13.1. The minimum atomic E-state index is -0.310. The molecule has 4 heteroatoms. The second-order valence-corrected chi connectivity index (χ2v) is 6.97.